The molecule has 0 unspecified atom stereocenters. The topological polar surface area (TPSA) is 59.4 Å². The average molecular weight is 441 g/mol. The average Bonchev–Trinajstić information content (AvgIpc) is 3.05. The number of anilines is 1. The fraction of sp³-hybridized carbons (Fsp3) is 0.333. The van der Waals surface area contributed by atoms with Gasteiger partial charge in [0.15, 0.2) is 0 Å². The van der Waals surface area contributed by atoms with Gasteiger partial charge in [-0.15, -0.1) is 0 Å². The van der Waals surface area contributed by atoms with Crippen LogP contribution in [0.3, 0.4) is 0 Å². The minimum atomic E-state index is -0.197. The largest absolute Gasteiger partial charge is 0.490 e. The third-order valence-corrected chi connectivity index (χ3v) is 5.82. The fourth-order valence-electron chi connectivity index (χ4n) is 3.34. The molecule has 6 nitrogen and oxygen atoms in total. The van der Waals surface area contributed by atoms with Crippen molar-refractivity contribution in [2.24, 2.45) is 0 Å². The number of aromatic nitrogens is 2. The van der Waals surface area contributed by atoms with Crippen molar-refractivity contribution in [3.63, 3.8) is 0 Å². The molecule has 2 aromatic carbocycles. The van der Waals surface area contributed by atoms with Gasteiger partial charge in [0.1, 0.15) is 12.4 Å². The number of ether oxygens (including phenoxy) is 1. The SMILES string of the molecule is CCN(CC)CCOc1ccccc1NC(=O)c1ccc(-n2nc(C)c(Cl)c2C)cc1. The van der Waals surface area contributed by atoms with Crippen LogP contribution in [0.5, 0.6) is 5.75 Å². The standard InChI is InChI=1S/C24H29ClN4O2/c1-5-28(6-2)15-16-31-22-10-8-7-9-21(22)26-24(30)19-11-13-20(14-12-19)29-18(4)23(25)17(3)27-29/h7-14H,5-6,15-16H2,1-4H3,(H,26,30). The van der Waals surface area contributed by atoms with E-state index in [0.29, 0.717) is 28.6 Å². The van der Waals surface area contributed by atoms with Crippen molar-refractivity contribution >= 4 is 23.2 Å². The van der Waals surface area contributed by atoms with E-state index in [0.717, 1.165) is 36.7 Å². The predicted molar refractivity (Wildman–Crippen MR) is 126 cm³/mol. The van der Waals surface area contributed by atoms with Gasteiger partial charge in [0.05, 0.1) is 27.8 Å². The molecule has 0 aliphatic carbocycles. The highest BCUT2D eigenvalue weighted by molar-refractivity contribution is 6.31. The highest BCUT2D eigenvalue weighted by Crippen LogP contribution is 2.25. The predicted octanol–water partition coefficient (Wildman–Crippen LogP) is 5.12. The third-order valence-electron chi connectivity index (χ3n) is 5.27. The highest BCUT2D eigenvalue weighted by Gasteiger charge is 2.13. The van der Waals surface area contributed by atoms with Gasteiger partial charge in [-0.2, -0.15) is 5.10 Å². The summed E-state index contributed by atoms with van der Waals surface area (Å²) in [6.45, 7) is 11.4. The van der Waals surface area contributed by atoms with Crippen LogP contribution in [0.1, 0.15) is 35.6 Å². The Balaban J connectivity index is 1.68. The van der Waals surface area contributed by atoms with Crippen LogP contribution in [0.2, 0.25) is 5.02 Å². The number of nitrogens with one attached hydrogen (secondary N) is 1. The highest BCUT2D eigenvalue weighted by atomic mass is 35.5. The maximum Gasteiger partial charge on any atom is 0.255 e. The molecule has 0 spiro atoms. The number of hydrogen-bond donors (Lipinski definition) is 1. The van der Waals surface area contributed by atoms with Crippen molar-refractivity contribution < 1.29 is 9.53 Å². The maximum atomic E-state index is 12.8. The zero-order chi connectivity index (χ0) is 22.4. The number of likely N-dealkylation sites (N-methyl/N-ethyl adjacent to an activating group) is 1. The Labute approximate surface area is 188 Å². The van der Waals surface area contributed by atoms with Crippen molar-refractivity contribution in [1.82, 2.24) is 14.7 Å². The van der Waals surface area contributed by atoms with Gasteiger partial charge in [0.25, 0.3) is 5.91 Å². The molecule has 3 rings (SSSR count). The normalized spacial score (nSPS) is 11.0. The first-order chi connectivity index (χ1) is 14.9. The first kappa shape index (κ1) is 22.8. The number of amides is 1. The Bertz CT molecular complexity index is 1030. The van der Waals surface area contributed by atoms with Gasteiger partial charge in [-0.25, -0.2) is 4.68 Å². The molecule has 7 heteroatoms. The van der Waals surface area contributed by atoms with Gasteiger partial charge in [-0.05, 0) is 63.3 Å². The quantitative estimate of drug-likeness (QED) is 0.502. The van der Waals surface area contributed by atoms with E-state index in [1.807, 2.05) is 50.2 Å². The number of aryl methyl sites for hydroxylation is 1. The second-order valence-electron chi connectivity index (χ2n) is 7.27. The van der Waals surface area contributed by atoms with Crippen molar-refractivity contribution in [3.05, 3.63) is 70.5 Å². The molecule has 1 N–H and O–H groups in total. The van der Waals surface area contributed by atoms with E-state index in [9.17, 15) is 4.79 Å². The zero-order valence-corrected chi connectivity index (χ0v) is 19.2. The van der Waals surface area contributed by atoms with Crippen LogP contribution in [0.25, 0.3) is 5.69 Å². The summed E-state index contributed by atoms with van der Waals surface area (Å²) in [7, 11) is 0. The molecule has 31 heavy (non-hydrogen) atoms. The van der Waals surface area contributed by atoms with Crippen molar-refractivity contribution in [1.29, 1.82) is 0 Å². The molecule has 0 atom stereocenters. The maximum absolute atomic E-state index is 12.8. The molecule has 0 saturated heterocycles. The number of nitrogens with zero attached hydrogens (tertiary/aromatic N) is 3. The molecule has 0 aliphatic heterocycles. The van der Waals surface area contributed by atoms with Crippen LogP contribution in [-0.4, -0.2) is 46.8 Å². The molecule has 164 valence electrons. The summed E-state index contributed by atoms with van der Waals surface area (Å²) in [6, 6.07) is 14.8. The van der Waals surface area contributed by atoms with Crippen LogP contribution in [-0.2, 0) is 0 Å². The van der Waals surface area contributed by atoms with E-state index < -0.39 is 0 Å². The number of carbonyl (C=O) groups excluding carboxylic acids is 1. The van der Waals surface area contributed by atoms with Crippen molar-refractivity contribution in [2.45, 2.75) is 27.7 Å². The van der Waals surface area contributed by atoms with Gasteiger partial charge >= 0.3 is 0 Å². The molecular weight excluding hydrogens is 412 g/mol. The summed E-state index contributed by atoms with van der Waals surface area (Å²) >= 11 is 6.24. The van der Waals surface area contributed by atoms with Gasteiger partial charge in [-0.1, -0.05) is 37.6 Å². The lowest BCUT2D eigenvalue weighted by Crippen LogP contribution is -2.28. The number of halogens is 1. The van der Waals surface area contributed by atoms with Gasteiger partial charge in [0, 0.05) is 12.1 Å². The zero-order valence-electron chi connectivity index (χ0n) is 18.5. The lowest BCUT2D eigenvalue weighted by atomic mass is 10.2. The Kier molecular flexibility index (Phi) is 7.71. The number of hydrogen-bond acceptors (Lipinski definition) is 4. The van der Waals surface area contributed by atoms with Gasteiger partial charge in [0.2, 0.25) is 0 Å². The Morgan fingerprint density at radius 3 is 2.39 bits per heavy atom. The van der Waals surface area contributed by atoms with Gasteiger partial charge in [-0.3, -0.25) is 4.79 Å². The lowest BCUT2D eigenvalue weighted by Gasteiger charge is -2.19. The van der Waals surface area contributed by atoms with Crippen LogP contribution in [0, 0.1) is 13.8 Å². The Hall–Kier alpha value is -2.83. The molecule has 0 saturated carbocycles. The first-order valence-corrected chi connectivity index (χ1v) is 10.9. The monoisotopic (exact) mass is 440 g/mol. The van der Waals surface area contributed by atoms with E-state index in [-0.39, 0.29) is 5.91 Å². The summed E-state index contributed by atoms with van der Waals surface area (Å²) < 4.78 is 7.71. The first-order valence-electron chi connectivity index (χ1n) is 10.5. The second-order valence-corrected chi connectivity index (χ2v) is 7.65. The molecule has 0 fully saturated rings. The Morgan fingerprint density at radius 2 is 1.77 bits per heavy atom. The summed E-state index contributed by atoms with van der Waals surface area (Å²) in [5.41, 5.74) is 3.70. The van der Waals surface area contributed by atoms with Crippen LogP contribution < -0.4 is 10.1 Å². The molecular formula is C24H29ClN4O2. The van der Waals surface area contributed by atoms with E-state index in [1.54, 1.807) is 16.8 Å². The number of benzene rings is 2. The Morgan fingerprint density at radius 1 is 1.10 bits per heavy atom. The molecule has 0 bridgehead atoms. The summed E-state index contributed by atoms with van der Waals surface area (Å²) in [5.74, 6) is 0.467. The third kappa shape index (κ3) is 5.46. The van der Waals surface area contributed by atoms with E-state index >= 15 is 0 Å². The minimum absolute atomic E-state index is 0.197. The summed E-state index contributed by atoms with van der Waals surface area (Å²) in [5, 5.41) is 8.06. The van der Waals surface area contributed by atoms with Gasteiger partial charge < -0.3 is 15.0 Å². The molecule has 1 heterocycles. The van der Waals surface area contributed by atoms with Crippen LogP contribution in [0.15, 0.2) is 48.5 Å². The van der Waals surface area contributed by atoms with E-state index in [2.05, 4.69) is 29.2 Å². The number of carbonyl (C=O) groups is 1. The van der Waals surface area contributed by atoms with E-state index in [4.69, 9.17) is 16.3 Å². The number of rotatable bonds is 9. The van der Waals surface area contributed by atoms with Crippen LogP contribution >= 0.6 is 11.6 Å². The second kappa shape index (κ2) is 10.5. The van der Waals surface area contributed by atoms with Crippen molar-refractivity contribution in [2.75, 3.05) is 31.6 Å². The van der Waals surface area contributed by atoms with E-state index in [1.165, 1.54) is 0 Å². The van der Waals surface area contributed by atoms with Crippen molar-refractivity contribution in [3.8, 4) is 11.4 Å². The van der Waals surface area contributed by atoms with Crippen LogP contribution in [0.4, 0.5) is 5.69 Å². The summed E-state index contributed by atoms with van der Waals surface area (Å²) in [4.78, 5) is 15.1. The minimum Gasteiger partial charge on any atom is -0.490 e. The lowest BCUT2D eigenvalue weighted by molar-refractivity contribution is 0.102. The molecule has 0 aliphatic rings. The fourth-order valence-corrected chi connectivity index (χ4v) is 3.46. The molecule has 3 aromatic rings. The number of para-hydroxylation sites is 2. The summed E-state index contributed by atoms with van der Waals surface area (Å²) in [6.07, 6.45) is 0. The molecule has 1 amide bonds. The molecule has 0 radical (unpaired) electrons. The smallest absolute Gasteiger partial charge is 0.255 e. The molecule has 1 aromatic heterocycles.